The van der Waals surface area contributed by atoms with Crippen LogP contribution in [0, 0.1) is 6.92 Å². The second-order valence-electron chi connectivity index (χ2n) is 4.29. The van der Waals surface area contributed by atoms with Crippen LogP contribution in [0.2, 0.25) is 0 Å². The Bertz CT molecular complexity index is 634. The second-order valence-corrected chi connectivity index (χ2v) is 4.29. The van der Waals surface area contributed by atoms with Crippen molar-refractivity contribution >= 4 is 23.4 Å². The number of hydrogen-bond donors (Lipinski definition) is 2. The summed E-state index contributed by atoms with van der Waals surface area (Å²) < 4.78 is 9.47. The Morgan fingerprint density at radius 2 is 2.00 bits per heavy atom. The molecule has 0 bridgehead atoms. The molecular weight excluding hydrogens is 274 g/mol. The molecule has 0 spiro atoms. The molecule has 0 aliphatic carbocycles. The fourth-order valence-electron chi connectivity index (χ4n) is 1.63. The number of aromatic nitrogens is 1. The van der Waals surface area contributed by atoms with Crippen molar-refractivity contribution in [3.63, 3.8) is 0 Å². The lowest BCUT2D eigenvalue weighted by Gasteiger charge is -2.06. The van der Waals surface area contributed by atoms with Crippen LogP contribution in [0.15, 0.2) is 34.9 Å². The third-order valence-electron chi connectivity index (χ3n) is 2.65. The van der Waals surface area contributed by atoms with Gasteiger partial charge in [-0.3, -0.25) is 4.79 Å². The van der Waals surface area contributed by atoms with E-state index in [-0.39, 0.29) is 12.5 Å². The topological polar surface area (TPSA) is 93.5 Å². The molecule has 0 unspecified atom stereocenters. The first kappa shape index (κ1) is 14.6. The van der Waals surface area contributed by atoms with Crippen LogP contribution in [0.3, 0.4) is 0 Å². The minimum absolute atomic E-state index is 0.0602. The zero-order valence-corrected chi connectivity index (χ0v) is 11.7. The van der Waals surface area contributed by atoms with Crippen LogP contribution in [-0.2, 0) is 9.53 Å². The number of amides is 1. The van der Waals surface area contributed by atoms with E-state index >= 15 is 0 Å². The quantitative estimate of drug-likeness (QED) is 0.815. The molecule has 7 heteroatoms. The Labute approximate surface area is 121 Å². The molecule has 1 aromatic carbocycles. The number of nitrogens with zero attached hydrogens (tertiary/aromatic N) is 1. The van der Waals surface area contributed by atoms with E-state index in [1.807, 2.05) is 0 Å². The molecule has 1 aromatic heterocycles. The van der Waals surface area contributed by atoms with Gasteiger partial charge in [0.05, 0.1) is 19.2 Å². The molecule has 0 saturated carbocycles. The van der Waals surface area contributed by atoms with Gasteiger partial charge in [0.1, 0.15) is 5.76 Å². The molecule has 2 N–H and O–H groups in total. The van der Waals surface area contributed by atoms with Crippen LogP contribution in [0.5, 0.6) is 0 Å². The first-order valence-corrected chi connectivity index (χ1v) is 6.24. The highest BCUT2D eigenvalue weighted by atomic mass is 16.5. The van der Waals surface area contributed by atoms with Gasteiger partial charge in [0.15, 0.2) is 5.82 Å². The summed E-state index contributed by atoms with van der Waals surface area (Å²) >= 11 is 0. The van der Waals surface area contributed by atoms with Crippen molar-refractivity contribution in [2.24, 2.45) is 0 Å². The van der Waals surface area contributed by atoms with E-state index in [9.17, 15) is 9.59 Å². The Kier molecular flexibility index (Phi) is 4.55. The zero-order valence-electron chi connectivity index (χ0n) is 11.7. The standard InChI is InChI=1S/C14H15N3O4/c1-9-7-12(17-21-9)15-8-13(18)16-11-5-3-10(4-6-11)14(19)20-2/h3-7H,8H2,1-2H3,(H,15,17)(H,16,18). The molecule has 1 amide bonds. The number of methoxy groups -OCH3 is 1. The minimum Gasteiger partial charge on any atom is -0.465 e. The fraction of sp³-hybridized carbons (Fsp3) is 0.214. The van der Waals surface area contributed by atoms with E-state index in [0.29, 0.717) is 22.8 Å². The maximum atomic E-state index is 11.7. The van der Waals surface area contributed by atoms with Gasteiger partial charge >= 0.3 is 5.97 Å². The average molecular weight is 289 g/mol. The van der Waals surface area contributed by atoms with E-state index in [1.54, 1.807) is 37.3 Å². The molecule has 2 rings (SSSR count). The maximum absolute atomic E-state index is 11.7. The minimum atomic E-state index is -0.420. The average Bonchev–Trinajstić information content (AvgIpc) is 2.91. The number of carbonyl (C=O) groups is 2. The van der Waals surface area contributed by atoms with Crippen molar-refractivity contribution in [2.45, 2.75) is 6.92 Å². The normalized spacial score (nSPS) is 10.0. The lowest BCUT2D eigenvalue weighted by atomic mass is 10.2. The highest BCUT2D eigenvalue weighted by Gasteiger charge is 2.07. The Hall–Kier alpha value is -2.83. The van der Waals surface area contributed by atoms with Gasteiger partial charge in [-0.15, -0.1) is 0 Å². The van der Waals surface area contributed by atoms with Crippen LogP contribution in [-0.4, -0.2) is 30.7 Å². The van der Waals surface area contributed by atoms with Crippen LogP contribution in [0.25, 0.3) is 0 Å². The third kappa shape index (κ3) is 4.07. The Morgan fingerprint density at radius 1 is 1.29 bits per heavy atom. The largest absolute Gasteiger partial charge is 0.465 e. The number of ether oxygens (including phenoxy) is 1. The van der Waals surface area contributed by atoms with Crippen LogP contribution >= 0.6 is 0 Å². The summed E-state index contributed by atoms with van der Waals surface area (Å²) in [6, 6.07) is 8.11. The van der Waals surface area contributed by atoms with Crippen molar-refractivity contribution in [2.75, 3.05) is 24.3 Å². The molecular formula is C14H15N3O4. The van der Waals surface area contributed by atoms with E-state index in [1.165, 1.54) is 7.11 Å². The molecule has 0 saturated heterocycles. The number of esters is 1. The summed E-state index contributed by atoms with van der Waals surface area (Å²) in [5.74, 6) is 0.511. The highest BCUT2D eigenvalue weighted by molar-refractivity contribution is 5.94. The summed E-state index contributed by atoms with van der Waals surface area (Å²) in [5.41, 5.74) is 1.01. The van der Waals surface area contributed by atoms with Crippen LogP contribution < -0.4 is 10.6 Å². The van der Waals surface area contributed by atoms with Gasteiger partial charge in [-0.05, 0) is 31.2 Å². The summed E-state index contributed by atoms with van der Waals surface area (Å²) in [4.78, 5) is 23.0. The first-order valence-electron chi connectivity index (χ1n) is 6.24. The van der Waals surface area contributed by atoms with Gasteiger partial charge in [-0.1, -0.05) is 5.16 Å². The van der Waals surface area contributed by atoms with Crippen LogP contribution in [0.1, 0.15) is 16.1 Å². The summed E-state index contributed by atoms with van der Waals surface area (Å²) in [5, 5.41) is 9.24. The van der Waals surface area contributed by atoms with Gasteiger partial charge in [0.25, 0.3) is 0 Å². The molecule has 2 aromatic rings. The molecule has 0 aliphatic heterocycles. The number of carbonyl (C=O) groups excluding carboxylic acids is 2. The lowest BCUT2D eigenvalue weighted by molar-refractivity contribution is -0.114. The summed E-state index contributed by atoms with van der Waals surface area (Å²) in [6.45, 7) is 1.83. The van der Waals surface area contributed by atoms with Gasteiger partial charge in [-0.25, -0.2) is 4.79 Å². The zero-order chi connectivity index (χ0) is 15.2. The summed E-state index contributed by atoms with van der Waals surface area (Å²) in [6.07, 6.45) is 0. The second kappa shape index (κ2) is 6.56. The smallest absolute Gasteiger partial charge is 0.337 e. The molecule has 0 fully saturated rings. The number of anilines is 2. The van der Waals surface area contributed by atoms with Crippen molar-refractivity contribution in [1.29, 1.82) is 0 Å². The number of hydrogen-bond acceptors (Lipinski definition) is 6. The third-order valence-corrected chi connectivity index (χ3v) is 2.65. The highest BCUT2D eigenvalue weighted by Crippen LogP contribution is 2.11. The van der Waals surface area contributed by atoms with Crippen molar-refractivity contribution in [3.05, 3.63) is 41.7 Å². The Morgan fingerprint density at radius 3 is 2.57 bits per heavy atom. The van der Waals surface area contributed by atoms with Gasteiger partial charge < -0.3 is 19.9 Å². The Balaban J connectivity index is 1.86. The SMILES string of the molecule is COC(=O)c1ccc(NC(=O)CNc2cc(C)on2)cc1. The fourth-order valence-corrected chi connectivity index (χ4v) is 1.63. The van der Waals surface area contributed by atoms with Crippen molar-refractivity contribution in [3.8, 4) is 0 Å². The number of nitrogens with one attached hydrogen (secondary N) is 2. The molecule has 7 nitrogen and oxygen atoms in total. The van der Waals surface area contributed by atoms with Crippen LogP contribution in [0.4, 0.5) is 11.5 Å². The van der Waals surface area contributed by atoms with Crippen molar-refractivity contribution < 1.29 is 18.8 Å². The predicted molar refractivity (Wildman–Crippen MR) is 76.1 cm³/mol. The predicted octanol–water partition coefficient (Wildman–Crippen LogP) is 1.82. The number of aryl methyl sites for hydroxylation is 1. The molecule has 0 atom stereocenters. The summed E-state index contributed by atoms with van der Waals surface area (Å²) in [7, 11) is 1.31. The maximum Gasteiger partial charge on any atom is 0.337 e. The van der Waals surface area contributed by atoms with E-state index in [2.05, 4.69) is 20.5 Å². The number of rotatable bonds is 5. The van der Waals surface area contributed by atoms with Crippen molar-refractivity contribution in [1.82, 2.24) is 5.16 Å². The van der Waals surface area contributed by atoms with Gasteiger partial charge in [0.2, 0.25) is 5.91 Å². The van der Waals surface area contributed by atoms with E-state index < -0.39 is 5.97 Å². The first-order chi connectivity index (χ1) is 10.1. The lowest BCUT2D eigenvalue weighted by Crippen LogP contribution is -2.21. The van der Waals surface area contributed by atoms with Gasteiger partial charge in [0, 0.05) is 11.8 Å². The monoisotopic (exact) mass is 289 g/mol. The molecule has 0 radical (unpaired) electrons. The molecule has 0 aliphatic rings. The van der Waals surface area contributed by atoms with Gasteiger partial charge in [-0.2, -0.15) is 0 Å². The number of benzene rings is 1. The van der Waals surface area contributed by atoms with E-state index in [4.69, 9.17) is 4.52 Å². The molecule has 1 heterocycles. The van der Waals surface area contributed by atoms with E-state index in [0.717, 1.165) is 0 Å². The molecule has 110 valence electrons. The molecule has 21 heavy (non-hydrogen) atoms.